The average molecular weight is 692 g/mol. The van der Waals surface area contributed by atoms with Crippen molar-refractivity contribution in [3.05, 3.63) is 120 Å². The molecule has 0 radical (unpaired) electrons. The summed E-state index contributed by atoms with van der Waals surface area (Å²) in [5.74, 6) is 0.563. The molecule has 3 heterocycles. The number of phenolic OH excluding ortho intramolecular Hbond substituents is 1. The zero-order valence-electron chi connectivity index (χ0n) is 22.4. The van der Waals surface area contributed by atoms with E-state index in [0.29, 0.717) is 11.6 Å². The first-order valence-corrected chi connectivity index (χ1v) is 13.0. The first kappa shape index (κ1) is 26.8. The summed E-state index contributed by atoms with van der Waals surface area (Å²) in [6, 6.07) is 34.1. The van der Waals surface area contributed by atoms with Crippen LogP contribution in [-0.4, -0.2) is 19.6 Å². The number of pyridine rings is 2. The number of nitrogens with zero attached hydrogens (tertiary/aromatic N) is 3. The van der Waals surface area contributed by atoms with Gasteiger partial charge in [-0.2, -0.15) is 0 Å². The Morgan fingerprint density at radius 2 is 1.59 bits per heavy atom. The SMILES string of the molecule is CC(C)c1cc(-c2ccc3c4ccccc4n(-c4ccccc4O)c3n2)[c-]c(C(C)(C)c2ccccn2)c1.[Pt]. The van der Waals surface area contributed by atoms with E-state index < -0.39 is 0 Å². The maximum atomic E-state index is 10.8. The Kier molecular flexibility index (Phi) is 7.18. The van der Waals surface area contributed by atoms with E-state index in [1.807, 2.05) is 48.7 Å². The molecule has 0 saturated heterocycles. The van der Waals surface area contributed by atoms with Crippen LogP contribution in [0.25, 0.3) is 38.9 Å². The Morgan fingerprint density at radius 3 is 2.33 bits per heavy atom. The predicted octanol–water partition coefficient (Wildman–Crippen LogP) is 8.19. The molecular weight excluding hydrogens is 661 g/mol. The van der Waals surface area contributed by atoms with Gasteiger partial charge in [0, 0.05) is 49.1 Å². The summed E-state index contributed by atoms with van der Waals surface area (Å²) < 4.78 is 2.05. The Hall–Kier alpha value is -3.75. The molecule has 3 aromatic carbocycles. The van der Waals surface area contributed by atoms with Crippen LogP contribution in [0.4, 0.5) is 0 Å². The summed E-state index contributed by atoms with van der Waals surface area (Å²) in [4.78, 5) is 9.86. The van der Waals surface area contributed by atoms with Crippen molar-refractivity contribution in [3.8, 4) is 22.7 Å². The Labute approximate surface area is 243 Å². The van der Waals surface area contributed by atoms with Gasteiger partial charge < -0.3 is 5.11 Å². The number of fused-ring (bicyclic) bond motifs is 3. The number of benzene rings is 3. The fourth-order valence-electron chi connectivity index (χ4n) is 5.16. The van der Waals surface area contributed by atoms with E-state index >= 15 is 0 Å². The van der Waals surface area contributed by atoms with Gasteiger partial charge in [-0.05, 0) is 41.9 Å². The van der Waals surface area contributed by atoms with Gasteiger partial charge >= 0.3 is 0 Å². The molecule has 6 aromatic rings. The van der Waals surface area contributed by atoms with Gasteiger partial charge in [-0.1, -0.05) is 76.2 Å². The van der Waals surface area contributed by atoms with E-state index in [1.165, 1.54) is 5.56 Å². The maximum absolute atomic E-state index is 10.8. The van der Waals surface area contributed by atoms with Crippen LogP contribution in [-0.2, 0) is 26.5 Å². The standard InChI is InChI=1S/C34H30N3O.Pt/c1-22(2)23-19-24(21-25(20-23)34(3,4)32-15-9-10-18-35-32)28-17-16-27-26-11-5-6-12-29(26)37(33(27)36-28)30-13-7-8-14-31(30)38;/h5-20,22,38H,1-4H3;/q-1;. The first-order valence-electron chi connectivity index (χ1n) is 13.0. The Morgan fingerprint density at radius 1 is 0.846 bits per heavy atom. The van der Waals surface area contributed by atoms with Gasteiger partial charge in [0.25, 0.3) is 0 Å². The first-order chi connectivity index (χ1) is 18.3. The molecule has 6 rings (SSSR count). The van der Waals surface area contributed by atoms with Crippen LogP contribution in [0.1, 0.15) is 50.4 Å². The summed E-state index contributed by atoms with van der Waals surface area (Å²) in [5, 5.41) is 12.9. The van der Waals surface area contributed by atoms with E-state index in [9.17, 15) is 5.11 Å². The number of phenols is 1. The zero-order valence-corrected chi connectivity index (χ0v) is 24.7. The second-order valence-electron chi connectivity index (χ2n) is 10.6. The molecule has 0 aliphatic heterocycles. The minimum Gasteiger partial charge on any atom is -0.506 e. The third kappa shape index (κ3) is 4.68. The van der Waals surface area contributed by atoms with Crippen molar-refractivity contribution in [1.82, 2.24) is 14.5 Å². The summed E-state index contributed by atoms with van der Waals surface area (Å²) in [5.41, 5.74) is 7.32. The minimum absolute atomic E-state index is 0. The zero-order chi connectivity index (χ0) is 26.4. The smallest absolute Gasteiger partial charge is 0.139 e. The molecule has 0 atom stereocenters. The molecule has 0 aliphatic carbocycles. The van der Waals surface area contributed by atoms with E-state index in [1.54, 1.807) is 6.07 Å². The van der Waals surface area contributed by atoms with Crippen LogP contribution in [0.3, 0.4) is 0 Å². The van der Waals surface area contributed by atoms with Crippen LogP contribution in [0, 0.1) is 6.07 Å². The summed E-state index contributed by atoms with van der Waals surface area (Å²) >= 11 is 0. The average Bonchev–Trinajstić information content (AvgIpc) is 3.27. The molecule has 39 heavy (non-hydrogen) atoms. The van der Waals surface area contributed by atoms with Crippen molar-refractivity contribution in [2.24, 2.45) is 0 Å². The van der Waals surface area contributed by atoms with Crippen LogP contribution in [0.15, 0.2) is 97.2 Å². The number of hydrogen-bond donors (Lipinski definition) is 1. The molecule has 1 N–H and O–H groups in total. The summed E-state index contributed by atoms with van der Waals surface area (Å²) in [7, 11) is 0. The third-order valence-corrected chi connectivity index (χ3v) is 7.46. The molecule has 0 unspecified atom stereocenters. The van der Waals surface area contributed by atoms with Crippen molar-refractivity contribution in [2.45, 2.75) is 39.0 Å². The fraction of sp³-hybridized carbons (Fsp3) is 0.176. The predicted molar refractivity (Wildman–Crippen MR) is 155 cm³/mol. The Bertz CT molecular complexity index is 1790. The number of aromatic nitrogens is 3. The van der Waals surface area contributed by atoms with Crippen LogP contribution in [0.5, 0.6) is 5.75 Å². The number of hydrogen-bond acceptors (Lipinski definition) is 3. The molecule has 198 valence electrons. The van der Waals surface area contributed by atoms with Gasteiger partial charge in [0.2, 0.25) is 0 Å². The fourth-order valence-corrected chi connectivity index (χ4v) is 5.16. The van der Waals surface area contributed by atoms with Crippen LogP contribution in [0.2, 0.25) is 0 Å². The Balaban J connectivity index is 0.00000308. The largest absolute Gasteiger partial charge is 0.506 e. The molecule has 0 bridgehead atoms. The second-order valence-corrected chi connectivity index (χ2v) is 10.6. The number of para-hydroxylation sites is 3. The molecular formula is C34H30N3OPt-. The minimum atomic E-state index is -0.324. The molecule has 5 heteroatoms. The van der Waals surface area contributed by atoms with E-state index in [-0.39, 0.29) is 32.2 Å². The normalized spacial score (nSPS) is 11.7. The van der Waals surface area contributed by atoms with E-state index in [4.69, 9.17) is 4.98 Å². The van der Waals surface area contributed by atoms with Crippen molar-refractivity contribution in [1.29, 1.82) is 0 Å². The van der Waals surface area contributed by atoms with Crippen LogP contribution >= 0.6 is 0 Å². The number of aromatic hydroxyl groups is 1. The topological polar surface area (TPSA) is 50.9 Å². The summed E-state index contributed by atoms with van der Waals surface area (Å²) in [6.07, 6.45) is 1.84. The van der Waals surface area contributed by atoms with Gasteiger partial charge in [-0.3, -0.25) is 14.5 Å². The summed E-state index contributed by atoms with van der Waals surface area (Å²) in [6.45, 7) is 8.82. The molecule has 0 saturated carbocycles. The van der Waals surface area contributed by atoms with Gasteiger partial charge in [0.1, 0.15) is 11.4 Å². The third-order valence-electron chi connectivity index (χ3n) is 7.46. The van der Waals surface area contributed by atoms with Gasteiger partial charge in [-0.25, -0.2) is 0 Å². The van der Waals surface area contributed by atoms with Crippen LogP contribution < -0.4 is 0 Å². The van der Waals surface area contributed by atoms with Gasteiger partial charge in [-0.15, -0.1) is 34.9 Å². The molecule has 0 spiro atoms. The van der Waals surface area contributed by atoms with Crippen molar-refractivity contribution in [3.63, 3.8) is 0 Å². The molecule has 0 amide bonds. The molecule has 3 aromatic heterocycles. The molecule has 0 fully saturated rings. The monoisotopic (exact) mass is 691 g/mol. The quantitative estimate of drug-likeness (QED) is 0.186. The molecule has 0 aliphatic rings. The van der Waals surface area contributed by atoms with E-state index in [0.717, 1.165) is 44.5 Å². The van der Waals surface area contributed by atoms with Crippen molar-refractivity contribution >= 4 is 21.9 Å². The molecule has 4 nitrogen and oxygen atoms in total. The van der Waals surface area contributed by atoms with Crippen molar-refractivity contribution < 1.29 is 26.2 Å². The number of rotatable bonds is 5. The van der Waals surface area contributed by atoms with Gasteiger partial charge in [0.05, 0.1) is 11.2 Å². The van der Waals surface area contributed by atoms with E-state index in [2.05, 4.69) is 85.8 Å². The van der Waals surface area contributed by atoms with Gasteiger partial charge in [0.15, 0.2) is 0 Å². The second kappa shape index (κ2) is 10.4. The van der Waals surface area contributed by atoms with Crippen molar-refractivity contribution in [2.75, 3.05) is 0 Å². The maximum Gasteiger partial charge on any atom is 0.139 e.